The van der Waals surface area contributed by atoms with Gasteiger partial charge in [0.15, 0.2) is 0 Å². The maximum atomic E-state index is 11.9. The first-order valence-electron chi connectivity index (χ1n) is 5.95. The van der Waals surface area contributed by atoms with Crippen LogP contribution in [0.5, 0.6) is 0 Å². The number of carbonyl (C=O) groups is 1. The molecule has 0 aliphatic rings. The van der Waals surface area contributed by atoms with Crippen LogP contribution in [0.15, 0.2) is 33.5 Å². The third-order valence-electron chi connectivity index (χ3n) is 2.70. The number of rotatable bonds is 4. The Morgan fingerprint density at radius 1 is 1.33 bits per heavy atom. The number of benzene rings is 1. The molecule has 1 N–H and O–H groups in total. The molecule has 1 aromatic heterocycles. The van der Waals surface area contributed by atoms with Gasteiger partial charge in [-0.1, -0.05) is 11.6 Å². The lowest BCUT2D eigenvalue weighted by atomic mass is 10.2. The Morgan fingerprint density at radius 3 is 2.71 bits per heavy atom. The number of sulfone groups is 1. The van der Waals surface area contributed by atoms with E-state index >= 15 is 0 Å². The average molecular weight is 330 g/mol. The van der Waals surface area contributed by atoms with Crippen LogP contribution in [-0.2, 0) is 9.84 Å². The van der Waals surface area contributed by atoms with Gasteiger partial charge in [-0.25, -0.2) is 13.2 Å². The normalized spacial score (nSPS) is 11.5. The molecule has 1 amide bonds. The molecule has 0 saturated carbocycles. The quantitative estimate of drug-likeness (QED) is 0.851. The average Bonchev–Trinajstić information content (AvgIpc) is 2.36. The van der Waals surface area contributed by atoms with Crippen LogP contribution in [0.1, 0.15) is 10.4 Å². The van der Waals surface area contributed by atoms with E-state index in [9.17, 15) is 18.0 Å². The largest absolute Gasteiger partial charge is 0.422 e. The Balaban J connectivity index is 2.26. The highest BCUT2D eigenvalue weighted by atomic mass is 35.5. The lowest BCUT2D eigenvalue weighted by molar-refractivity contribution is 0.0952. The second kappa shape index (κ2) is 5.87. The molecule has 2 aromatic rings. The summed E-state index contributed by atoms with van der Waals surface area (Å²) in [5, 5.41) is 3.32. The summed E-state index contributed by atoms with van der Waals surface area (Å²) in [6.07, 6.45) is 1.06. The summed E-state index contributed by atoms with van der Waals surface area (Å²) in [6.45, 7) is -0.0787. The zero-order valence-electron chi connectivity index (χ0n) is 11.1. The molecule has 1 aromatic carbocycles. The van der Waals surface area contributed by atoms with Crippen LogP contribution >= 0.6 is 11.6 Å². The molecular weight excluding hydrogens is 318 g/mol. The Hall–Kier alpha value is -1.86. The van der Waals surface area contributed by atoms with Crippen molar-refractivity contribution in [2.24, 2.45) is 0 Å². The molecule has 0 radical (unpaired) electrons. The molecule has 0 unspecified atom stereocenters. The summed E-state index contributed by atoms with van der Waals surface area (Å²) in [4.78, 5) is 23.6. The van der Waals surface area contributed by atoms with E-state index in [0.717, 1.165) is 6.26 Å². The van der Waals surface area contributed by atoms with Crippen LogP contribution in [0.4, 0.5) is 0 Å². The fraction of sp³-hybridized carbons (Fsp3) is 0.231. The standard InChI is InChI=1S/C13H12ClNO5S/c1-21(18,19)5-4-15-12(16)10-7-8-6-9(14)2-3-11(8)20-13(10)17/h2-3,6-7H,4-5H2,1H3,(H,15,16). The smallest absolute Gasteiger partial charge is 0.349 e. The fourth-order valence-electron chi connectivity index (χ4n) is 1.70. The minimum Gasteiger partial charge on any atom is -0.422 e. The van der Waals surface area contributed by atoms with Gasteiger partial charge < -0.3 is 9.73 Å². The lowest BCUT2D eigenvalue weighted by Crippen LogP contribution is -2.31. The predicted octanol–water partition coefficient (Wildman–Crippen LogP) is 1.22. The SMILES string of the molecule is CS(=O)(=O)CCNC(=O)c1cc2cc(Cl)ccc2oc1=O. The summed E-state index contributed by atoms with van der Waals surface area (Å²) in [7, 11) is -3.19. The van der Waals surface area contributed by atoms with Crippen molar-refractivity contribution in [3.05, 3.63) is 45.3 Å². The molecule has 8 heteroatoms. The van der Waals surface area contributed by atoms with Crippen LogP contribution in [0.25, 0.3) is 11.0 Å². The first-order valence-corrected chi connectivity index (χ1v) is 8.39. The summed E-state index contributed by atoms with van der Waals surface area (Å²) >= 11 is 5.84. The van der Waals surface area contributed by atoms with Crippen molar-refractivity contribution >= 4 is 38.3 Å². The van der Waals surface area contributed by atoms with Crippen molar-refractivity contribution in [1.82, 2.24) is 5.32 Å². The predicted molar refractivity (Wildman–Crippen MR) is 79.5 cm³/mol. The Kier molecular flexibility index (Phi) is 4.34. The summed E-state index contributed by atoms with van der Waals surface area (Å²) in [6, 6.07) is 6.03. The number of halogens is 1. The van der Waals surface area contributed by atoms with Crippen LogP contribution in [0.3, 0.4) is 0 Å². The van der Waals surface area contributed by atoms with Gasteiger partial charge in [0.1, 0.15) is 21.0 Å². The maximum Gasteiger partial charge on any atom is 0.349 e. The maximum absolute atomic E-state index is 11.9. The molecule has 0 saturated heterocycles. The van der Waals surface area contributed by atoms with Gasteiger partial charge in [-0.3, -0.25) is 4.79 Å². The highest BCUT2D eigenvalue weighted by Crippen LogP contribution is 2.18. The zero-order chi connectivity index (χ0) is 15.6. The molecule has 1 heterocycles. The third kappa shape index (κ3) is 4.05. The van der Waals surface area contributed by atoms with E-state index in [2.05, 4.69) is 5.32 Å². The van der Waals surface area contributed by atoms with Crippen LogP contribution in [0.2, 0.25) is 5.02 Å². The van der Waals surface area contributed by atoms with E-state index in [4.69, 9.17) is 16.0 Å². The monoisotopic (exact) mass is 329 g/mol. The van der Waals surface area contributed by atoms with E-state index < -0.39 is 21.4 Å². The Morgan fingerprint density at radius 2 is 2.05 bits per heavy atom. The molecule has 6 nitrogen and oxygen atoms in total. The van der Waals surface area contributed by atoms with Crippen molar-refractivity contribution in [3.8, 4) is 0 Å². The van der Waals surface area contributed by atoms with Gasteiger partial charge in [-0.05, 0) is 24.3 Å². The van der Waals surface area contributed by atoms with Gasteiger partial charge in [0.05, 0.1) is 5.75 Å². The molecule has 0 spiro atoms. The van der Waals surface area contributed by atoms with Gasteiger partial charge in [-0.15, -0.1) is 0 Å². The molecule has 0 bridgehead atoms. The van der Waals surface area contributed by atoms with E-state index in [0.29, 0.717) is 16.0 Å². The summed E-state index contributed by atoms with van der Waals surface area (Å²) < 4.78 is 27.0. The minimum absolute atomic E-state index is 0.0787. The number of hydrogen-bond acceptors (Lipinski definition) is 5. The second-order valence-electron chi connectivity index (χ2n) is 4.52. The van der Waals surface area contributed by atoms with Crippen LogP contribution in [0, 0.1) is 0 Å². The Bertz CT molecular complexity index is 856. The van der Waals surface area contributed by atoms with Crippen molar-refractivity contribution in [3.63, 3.8) is 0 Å². The van der Waals surface area contributed by atoms with Gasteiger partial charge >= 0.3 is 5.63 Å². The third-order valence-corrected chi connectivity index (χ3v) is 3.88. The van der Waals surface area contributed by atoms with Crippen LogP contribution in [-0.4, -0.2) is 32.9 Å². The summed E-state index contributed by atoms with van der Waals surface area (Å²) in [5.41, 5.74) is -0.669. The van der Waals surface area contributed by atoms with Crippen molar-refractivity contribution in [2.75, 3.05) is 18.6 Å². The Labute approximate surface area is 125 Å². The fourth-order valence-corrected chi connectivity index (χ4v) is 2.35. The zero-order valence-corrected chi connectivity index (χ0v) is 12.6. The van der Waals surface area contributed by atoms with Crippen molar-refractivity contribution in [1.29, 1.82) is 0 Å². The van der Waals surface area contributed by atoms with E-state index in [1.807, 2.05) is 0 Å². The van der Waals surface area contributed by atoms with Gasteiger partial charge in [-0.2, -0.15) is 0 Å². The first-order chi connectivity index (χ1) is 9.76. The topological polar surface area (TPSA) is 93.4 Å². The highest BCUT2D eigenvalue weighted by Gasteiger charge is 2.14. The molecule has 2 rings (SSSR count). The van der Waals surface area contributed by atoms with E-state index in [1.165, 1.54) is 12.1 Å². The molecular formula is C13H12ClNO5S. The van der Waals surface area contributed by atoms with Crippen molar-refractivity contribution in [2.45, 2.75) is 0 Å². The summed E-state index contributed by atoms with van der Waals surface area (Å²) in [5.74, 6) is -0.891. The molecule has 0 aliphatic carbocycles. The molecule has 112 valence electrons. The molecule has 0 fully saturated rings. The van der Waals surface area contributed by atoms with E-state index in [-0.39, 0.29) is 17.9 Å². The lowest BCUT2D eigenvalue weighted by Gasteiger charge is -2.04. The highest BCUT2D eigenvalue weighted by molar-refractivity contribution is 7.90. The second-order valence-corrected chi connectivity index (χ2v) is 7.21. The molecule has 0 aliphatic heterocycles. The number of nitrogens with one attached hydrogen (secondary N) is 1. The number of hydrogen-bond donors (Lipinski definition) is 1. The van der Waals surface area contributed by atoms with Gasteiger partial charge in [0.2, 0.25) is 0 Å². The number of carbonyl (C=O) groups excluding carboxylic acids is 1. The molecule has 0 atom stereocenters. The minimum atomic E-state index is -3.19. The van der Waals surface area contributed by atoms with Gasteiger partial charge in [0, 0.05) is 23.2 Å². The van der Waals surface area contributed by atoms with Crippen molar-refractivity contribution < 1.29 is 17.6 Å². The first kappa shape index (κ1) is 15.5. The number of amides is 1. The number of fused-ring (bicyclic) bond motifs is 1. The van der Waals surface area contributed by atoms with E-state index in [1.54, 1.807) is 12.1 Å². The molecule has 21 heavy (non-hydrogen) atoms. The van der Waals surface area contributed by atoms with Crippen LogP contribution < -0.4 is 10.9 Å². The van der Waals surface area contributed by atoms with Gasteiger partial charge in [0.25, 0.3) is 5.91 Å².